The minimum Gasteiger partial charge on any atom is -0.453 e. The zero-order chi connectivity index (χ0) is 27.7. The van der Waals surface area contributed by atoms with E-state index in [0.29, 0.717) is 47.8 Å². The smallest absolute Gasteiger partial charge is 0.407 e. The van der Waals surface area contributed by atoms with E-state index in [1.54, 1.807) is 6.20 Å². The summed E-state index contributed by atoms with van der Waals surface area (Å²) >= 11 is 1.46. The molecule has 39 heavy (non-hydrogen) atoms. The standard InChI is InChI=1S/C29H35N3O6S/c1-16-14-30-27(39-16)32-24(34)9-5-18-13-23(33)29(2)11-10-21-20-8-6-19(38-25(35)15-31-28(36)37-3)12-17(20)4-7-22(21)26(18)29/h6,8,12,14,18,21-22,26H,4-5,7,9-11,13,15H2,1-3H3,(H,31,36)(H,30,32,34)/t18-,21?,22?,26?,29-/m1/s1. The number of ether oxygens (including phenoxy) is 2. The molecule has 1 heterocycles. The van der Waals surface area contributed by atoms with Crippen molar-refractivity contribution in [3.8, 4) is 5.75 Å². The van der Waals surface area contributed by atoms with Crippen LogP contribution in [0.5, 0.6) is 5.75 Å². The van der Waals surface area contributed by atoms with Gasteiger partial charge in [0.1, 0.15) is 18.1 Å². The molecule has 10 heteroatoms. The van der Waals surface area contributed by atoms with Gasteiger partial charge in [-0.1, -0.05) is 13.0 Å². The lowest BCUT2D eigenvalue weighted by Gasteiger charge is -2.50. The second-order valence-corrected chi connectivity index (χ2v) is 12.5. The molecule has 0 aliphatic heterocycles. The zero-order valence-electron chi connectivity index (χ0n) is 22.6. The summed E-state index contributed by atoms with van der Waals surface area (Å²) in [5, 5.41) is 5.85. The van der Waals surface area contributed by atoms with Gasteiger partial charge < -0.3 is 20.1 Å². The number of ketones is 1. The van der Waals surface area contributed by atoms with Crippen LogP contribution in [0.4, 0.5) is 9.93 Å². The van der Waals surface area contributed by atoms with Crippen LogP contribution in [0.25, 0.3) is 0 Å². The number of nitrogens with one attached hydrogen (secondary N) is 2. The second kappa shape index (κ2) is 11.1. The van der Waals surface area contributed by atoms with Crippen molar-refractivity contribution in [1.82, 2.24) is 10.3 Å². The number of rotatable bonds is 7. The molecule has 2 aromatic rings. The van der Waals surface area contributed by atoms with E-state index < -0.39 is 12.1 Å². The number of aromatic nitrogens is 1. The SMILES string of the molecule is COC(=O)NCC(=O)Oc1ccc2c(c1)CCC1C2CC[C@]2(C)C(=O)C[C@@H](CCC(=O)Nc3ncc(C)s3)C12. The maximum atomic E-state index is 13.3. The molecule has 3 aliphatic rings. The summed E-state index contributed by atoms with van der Waals surface area (Å²) in [6.07, 6.45) is 6.32. The Labute approximate surface area is 232 Å². The summed E-state index contributed by atoms with van der Waals surface area (Å²) in [6.45, 7) is 3.83. The molecule has 2 amide bonds. The summed E-state index contributed by atoms with van der Waals surface area (Å²) in [4.78, 5) is 54.5. The number of methoxy groups -OCH3 is 1. The van der Waals surface area contributed by atoms with Gasteiger partial charge in [0.15, 0.2) is 5.13 Å². The minimum absolute atomic E-state index is 0.0457. The van der Waals surface area contributed by atoms with Gasteiger partial charge in [0, 0.05) is 29.3 Å². The first-order chi connectivity index (χ1) is 18.7. The molecular formula is C29H35N3O6S. The summed E-state index contributed by atoms with van der Waals surface area (Å²) in [6, 6.07) is 5.80. The number of anilines is 1. The van der Waals surface area contributed by atoms with Crippen LogP contribution in [-0.4, -0.2) is 42.4 Å². The molecule has 0 spiro atoms. The highest BCUT2D eigenvalue weighted by atomic mass is 32.1. The number of thiazole rings is 1. The van der Waals surface area contributed by atoms with Crippen LogP contribution in [0, 0.1) is 30.1 Å². The van der Waals surface area contributed by atoms with E-state index in [0.717, 1.165) is 30.6 Å². The van der Waals surface area contributed by atoms with Crippen molar-refractivity contribution in [2.24, 2.45) is 23.2 Å². The molecule has 9 nitrogen and oxygen atoms in total. The Morgan fingerprint density at radius 1 is 1.23 bits per heavy atom. The largest absolute Gasteiger partial charge is 0.453 e. The maximum absolute atomic E-state index is 13.3. The van der Waals surface area contributed by atoms with Gasteiger partial charge in [0.05, 0.1) is 7.11 Å². The van der Waals surface area contributed by atoms with Gasteiger partial charge in [0.25, 0.3) is 0 Å². The third-order valence-electron chi connectivity index (χ3n) is 8.95. The fourth-order valence-corrected chi connectivity index (χ4v) is 7.92. The number of benzene rings is 1. The predicted octanol–water partition coefficient (Wildman–Crippen LogP) is 4.78. The van der Waals surface area contributed by atoms with Crippen LogP contribution in [0.3, 0.4) is 0 Å². The van der Waals surface area contributed by atoms with Crippen molar-refractivity contribution >= 4 is 40.2 Å². The Kier molecular flexibility index (Phi) is 7.75. The molecule has 1 aromatic carbocycles. The molecule has 2 N–H and O–H groups in total. The molecule has 0 radical (unpaired) electrons. The number of esters is 1. The van der Waals surface area contributed by atoms with Crippen LogP contribution in [0.15, 0.2) is 24.4 Å². The van der Waals surface area contributed by atoms with Crippen LogP contribution in [0.1, 0.15) is 67.4 Å². The summed E-state index contributed by atoms with van der Waals surface area (Å²) < 4.78 is 9.91. The van der Waals surface area contributed by atoms with E-state index in [-0.39, 0.29) is 29.7 Å². The summed E-state index contributed by atoms with van der Waals surface area (Å²) in [7, 11) is 1.23. The van der Waals surface area contributed by atoms with Crippen LogP contribution < -0.4 is 15.4 Å². The lowest BCUT2D eigenvalue weighted by atomic mass is 9.54. The quantitative estimate of drug-likeness (QED) is 0.373. The number of aryl methyl sites for hydroxylation is 2. The highest BCUT2D eigenvalue weighted by molar-refractivity contribution is 7.15. The van der Waals surface area contributed by atoms with E-state index in [4.69, 9.17) is 4.74 Å². The number of hydrogen-bond donors (Lipinski definition) is 2. The van der Waals surface area contributed by atoms with Crippen molar-refractivity contribution in [3.63, 3.8) is 0 Å². The Bertz CT molecular complexity index is 1290. The highest BCUT2D eigenvalue weighted by Gasteiger charge is 2.58. The minimum atomic E-state index is -0.688. The van der Waals surface area contributed by atoms with Gasteiger partial charge in [-0.2, -0.15) is 0 Å². The first-order valence-corrected chi connectivity index (χ1v) is 14.4. The second-order valence-electron chi connectivity index (χ2n) is 11.2. The van der Waals surface area contributed by atoms with E-state index in [1.807, 2.05) is 19.1 Å². The van der Waals surface area contributed by atoms with Crippen LogP contribution in [-0.2, 0) is 25.5 Å². The Hall–Kier alpha value is -3.27. The fourth-order valence-electron chi connectivity index (χ4n) is 7.24. The van der Waals surface area contributed by atoms with Gasteiger partial charge in [0.2, 0.25) is 5.91 Å². The van der Waals surface area contributed by atoms with Crippen molar-refractivity contribution in [3.05, 3.63) is 40.4 Å². The summed E-state index contributed by atoms with van der Waals surface area (Å²) in [5.74, 6) is 1.38. The number of fused-ring (bicyclic) bond motifs is 5. The van der Waals surface area contributed by atoms with Crippen molar-refractivity contribution in [2.75, 3.05) is 19.0 Å². The molecule has 2 saturated carbocycles. The first kappa shape index (κ1) is 27.3. The molecule has 2 fully saturated rings. The molecular weight excluding hydrogens is 518 g/mol. The molecule has 1 aromatic heterocycles. The van der Waals surface area contributed by atoms with Gasteiger partial charge >= 0.3 is 12.1 Å². The fraction of sp³-hybridized carbons (Fsp3) is 0.552. The lowest BCUT2D eigenvalue weighted by Crippen LogP contribution is -2.44. The lowest BCUT2D eigenvalue weighted by molar-refractivity contribution is -0.133. The number of carbonyl (C=O) groups excluding carboxylic acids is 4. The van der Waals surface area contributed by atoms with E-state index >= 15 is 0 Å². The molecule has 5 rings (SSSR count). The van der Waals surface area contributed by atoms with Gasteiger partial charge in [-0.15, -0.1) is 11.3 Å². The third-order valence-corrected chi connectivity index (χ3v) is 9.77. The van der Waals surface area contributed by atoms with Crippen molar-refractivity contribution in [1.29, 1.82) is 0 Å². The van der Waals surface area contributed by atoms with Crippen LogP contribution >= 0.6 is 11.3 Å². The highest BCUT2D eigenvalue weighted by Crippen LogP contribution is 2.62. The topological polar surface area (TPSA) is 124 Å². The Morgan fingerprint density at radius 2 is 2.05 bits per heavy atom. The normalized spacial score (nSPS) is 27.1. The van der Waals surface area contributed by atoms with Crippen LogP contribution in [0.2, 0.25) is 0 Å². The van der Waals surface area contributed by atoms with E-state index in [1.165, 1.54) is 29.6 Å². The number of carbonyl (C=O) groups is 4. The number of alkyl carbamates (subject to hydrolysis) is 1. The van der Waals surface area contributed by atoms with E-state index in [2.05, 4.69) is 33.3 Å². The Morgan fingerprint density at radius 3 is 2.79 bits per heavy atom. The maximum Gasteiger partial charge on any atom is 0.407 e. The molecule has 3 aliphatic carbocycles. The van der Waals surface area contributed by atoms with Gasteiger partial charge in [-0.05, 0) is 86.0 Å². The number of nitrogens with zero attached hydrogens (tertiary/aromatic N) is 1. The van der Waals surface area contributed by atoms with Gasteiger partial charge in [-0.25, -0.2) is 14.6 Å². The average molecular weight is 554 g/mol. The predicted molar refractivity (Wildman–Crippen MR) is 146 cm³/mol. The number of Topliss-reactive ketones (excluding diaryl/α,β-unsaturated/α-hetero) is 1. The molecule has 208 valence electrons. The van der Waals surface area contributed by atoms with Crippen molar-refractivity contribution < 1.29 is 28.7 Å². The average Bonchev–Trinajstić information content (AvgIpc) is 3.44. The molecule has 0 bridgehead atoms. The molecule has 3 unspecified atom stereocenters. The zero-order valence-corrected chi connectivity index (χ0v) is 23.4. The first-order valence-electron chi connectivity index (χ1n) is 13.6. The Balaban J connectivity index is 1.26. The summed E-state index contributed by atoms with van der Waals surface area (Å²) in [5.41, 5.74) is 2.12. The third kappa shape index (κ3) is 5.57. The molecule has 0 saturated heterocycles. The van der Waals surface area contributed by atoms with Gasteiger partial charge in [-0.3, -0.25) is 9.59 Å². The number of amides is 2. The monoisotopic (exact) mass is 553 g/mol. The molecule has 5 atom stereocenters. The van der Waals surface area contributed by atoms with Crippen molar-refractivity contribution in [2.45, 2.75) is 64.7 Å². The number of hydrogen-bond acceptors (Lipinski definition) is 8. The van der Waals surface area contributed by atoms with E-state index in [9.17, 15) is 19.2 Å².